The van der Waals surface area contributed by atoms with Crippen LogP contribution < -0.4 is 4.31 Å². The lowest BCUT2D eigenvalue weighted by atomic mass is 10.2. The SMILES string of the molecule is CCOC(=O)c1ccc(N(C)S(=O)(=O)c2cc(Cl)ccc2Cl)cc1Cl. The van der Waals surface area contributed by atoms with Crippen LogP contribution in [0.15, 0.2) is 41.3 Å². The standard InChI is InChI=1S/C16H14Cl3NO4S/c1-3-24-16(21)12-6-5-11(9-14(12)19)20(2)25(22,23)15-8-10(17)4-7-13(15)18/h4-9H,3H2,1-2H3. The number of carbonyl (C=O) groups is 1. The minimum atomic E-state index is -3.96. The van der Waals surface area contributed by atoms with Crippen molar-refractivity contribution in [1.29, 1.82) is 0 Å². The van der Waals surface area contributed by atoms with Gasteiger partial charge >= 0.3 is 5.97 Å². The number of sulfonamides is 1. The molecule has 0 N–H and O–H groups in total. The van der Waals surface area contributed by atoms with Crippen molar-refractivity contribution in [3.8, 4) is 0 Å². The van der Waals surface area contributed by atoms with E-state index in [9.17, 15) is 13.2 Å². The number of anilines is 1. The lowest BCUT2D eigenvalue weighted by molar-refractivity contribution is 0.0526. The first-order valence-electron chi connectivity index (χ1n) is 7.09. The van der Waals surface area contributed by atoms with E-state index in [2.05, 4.69) is 0 Å². The number of halogens is 3. The van der Waals surface area contributed by atoms with Gasteiger partial charge in [-0.15, -0.1) is 0 Å². The molecule has 0 saturated carbocycles. The zero-order valence-corrected chi connectivity index (χ0v) is 16.4. The predicted octanol–water partition coefficient (Wildman–Crippen LogP) is 4.65. The summed E-state index contributed by atoms with van der Waals surface area (Å²) in [5, 5.41) is 0.368. The Kier molecular flexibility index (Phi) is 6.21. The molecule has 0 spiro atoms. The minimum absolute atomic E-state index is 0.0468. The molecule has 2 rings (SSSR count). The number of esters is 1. The topological polar surface area (TPSA) is 63.7 Å². The minimum Gasteiger partial charge on any atom is -0.462 e. The Hall–Kier alpha value is -1.47. The van der Waals surface area contributed by atoms with Gasteiger partial charge in [-0.05, 0) is 43.3 Å². The lowest BCUT2D eigenvalue weighted by Gasteiger charge is -2.21. The first-order valence-corrected chi connectivity index (χ1v) is 9.66. The third kappa shape index (κ3) is 4.20. The van der Waals surface area contributed by atoms with Crippen LogP contribution in [0.25, 0.3) is 0 Å². The quantitative estimate of drug-likeness (QED) is 0.658. The first-order chi connectivity index (χ1) is 11.7. The summed E-state index contributed by atoms with van der Waals surface area (Å²) in [5.74, 6) is -0.581. The Balaban J connectivity index is 2.43. The van der Waals surface area contributed by atoms with Crippen molar-refractivity contribution in [2.45, 2.75) is 11.8 Å². The largest absolute Gasteiger partial charge is 0.462 e. The molecule has 2 aromatic carbocycles. The summed E-state index contributed by atoms with van der Waals surface area (Å²) in [6, 6.07) is 8.39. The maximum absolute atomic E-state index is 12.8. The van der Waals surface area contributed by atoms with E-state index < -0.39 is 16.0 Å². The second kappa shape index (κ2) is 7.83. The van der Waals surface area contributed by atoms with Crippen LogP contribution in [0.3, 0.4) is 0 Å². The van der Waals surface area contributed by atoms with Gasteiger partial charge in [0.05, 0.1) is 27.9 Å². The van der Waals surface area contributed by atoms with Gasteiger partial charge in [-0.2, -0.15) is 0 Å². The van der Waals surface area contributed by atoms with E-state index >= 15 is 0 Å². The van der Waals surface area contributed by atoms with E-state index in [0.717, 1.165) is 4.31 Å². The van der Waals surface area contributed by atoms with Gasteiger partial charge in [0.25, 0.3) is 10.0 Å². The lowest BCUT2D eigenvalue weighted by Crippen LogP contribution is -2.27. The maximum atomic E-state index is 12.8. The summed E-state index contributed by atoms with van der Waals surface area (Å²) in [4.78, 5) is 11.6. The van der Waals surface area contributed by atoms with E-state index in [4.69, 9.17) is 39.5 Å². The number of nitrogens with zero attached hydrogens (tertiary/aromatic N) is 1. The Morgan fingerprint density at radius 2 is 1.76 bits per heavy atom. The number of hydrogen-bond donors (Lipinski definition) is 0. The first kappa shape index (κ1) is 19.8. The average molecular weight is 423 g/mol. The number of ether oxygens (including phenoxy) is 1. The molecule has 0 saturated heterocycles. The Labute approximate surface area is 161 Å². The number of benzene rings is 2. The maximum Gasteiger partial charge on any atom is 0.339 e. The number of hydrogen-bond acceptors (Lipinski definition) is 4. The van der Waals surface area contributed by atoms with E-state index in [1.165, 1.54) is 43.4 Å². The van der Waals surface area contributed by atoms with Crippen molar-refractivity contribution in [3.63, 3.8) is 0 Å². The molecule has 0 amide bonds. The van der Waals surface area contributed by atoms with Crippen LogP contribution in [0.2, 0.25) is 15.1 Å². The van der Waals surface area contributed by atoms with Gasteiger partial charge in [0.2, 0.25) is 0 Å². The van der Waals surface area contributed by atoms with Gasteiger partial charge in [-0.3, -0.25) is 4.31 Å². The highest BCUT2D eigenvalue weighted by molar-refractivity contribution is 7.93. The smallest absolute Gasteiger partial charge is 0.339 e. The molecular formula is C16H14Cl3NO4S. The Morgan fingerprint density at radius 1 is 1.08 bits per heavy atom. The fourth-order valence-electron chi connectivity index (χ4n) is 2.04. The molecule has 0 radical (unpaired) electrons. The summed E-state index contributed by atoms with van der Waals surface area (Å²) in [6.45, 7) is 1.88. The molecule has 0 aliphatic heterocycles. The van der Waals surface area contributed by atoms with Gasteiger partial charge in [0.15, 0.2) is 0 Å². The van der Waals surface area contributed by atoms with Crippen LogP contribution in [-0.2, 0) is 14.8 Å². The summed E-state index contributed by atoms with van der Waals surface area (Å²) < 4.78 is 31.5. The summed E-state index contributed by atoms with van der Waals surface area (Å²) in [5.41, 5.74) is 0.410. The van der Waals surface area contributed by atoms with Crippen molar-refractivity contribution < 1.29 is 17.9 Å². The number of carbonyl (C=O) groups excluding carboxylic acids is 1. The second-order valence-corrected chi connectivity index (χ2v) is 8.12. The van der Waals surface area contributed by atoms with Crippen molar-refractivity contribution in [3.05, 3.63) is 57.0 Å². The van der Waals surface area contributed by atoms with Crippen molar-refractivity contribution in [2.75, 3.05) is 18.0 Å². The van der Waals surface area contributed by atoms with Gasteiger partial charge in [-0.1, -0.05) is 34.8 Å². The van der Waals surface area contributed by atoms with E-state index in [1.807, 2.05) is 0 Å². The molecule has 0 unspecified atom stereocenters. The second-order valence-electron chi connectivity index (χ2n) is 4.93. The van der Waals surface area contributed by atoms with Crippen LogP contribution >= 0.6 is 34.8 Å². The van der Waals surface area contributed by atoms with Crippen molar-refractivity contribution in [1.82, 2.24) is 0 Å². The number of rotatable bonds is 5. The van der Waals surface area contributed by atoms with Crippen LogP contribution in [0.5, 0.6) is 0 Å². The molecule has 25 heavy (non-hydrogen) atoms. The molecule has 0 aromatic heterocycles. The van der Waals surface area contributed by atoms with E-state index in [1.54, 1.807) is 6.92 Å². The molecule has 0 heterocycles. The van der Waals surface area contributed by atoms with E-state index in [0.29, 0.717) is 0 Å². The molecule has 5 nitrogen and oxygen atoms in total. The monoisotopic (exact) mass is 421 g/mol. The van der Waals surface area contributed by atoms with Crippen molar-refractivity contribution >= 4 is 56.5 Å². The highest BCUT2D eigenvalue weighted by atomic mass is 35.5. The molecule has 134 valence electrons. The fraction of sp³-hybridized carbons (Fsp3) is 0.188. The molecule has 0 aliphatic carbocycles. The van der Waals surface area contributed by atoms with Gasteiger partial charge < -0.3 is 4.74 Å². The predicted molar refractivity (Wildman–Crippen MR) is 99.5 cm³/mol. The zero-order valence-electron chi connectivity index (χ0n) is 13.3. The van der Waals surface area contributed by atoms with Crippen LogP contribution in [-0.4, -0.2) is 28.0 Å². The fourth-order valence-corrected chi connectivity index (χ4v) is 4.21. The van der Waals surface area contributed by atoms with Crippen LogP contribution in [0, 0.1) is 0 Å². The van der Waals surface area contributed by atoms with Gasteiger partial charge in [-0.25, -0.2) is 13.2 Å². The van der Waals surface area contributed by atoms with Gasteiger partial charge in [0, 0.05) is 12.1 Å². The Bertz CT molecular complexity index is 916. The highest BCUT2D eigenvalue weighted by Crippen LogP contribution is 2.31. The van der Waals surface area contributed by atoms with Crippen LogP contribution in [0.1, 0.15) is 17.3 Å². The Morgan fingerprint density at radius 3 is 2.36 bits per heavy atom. The third-order valence-electron chi connectivity index (χ3n) is 3.34. The summed E-state index contributed by atoms with van der Waals surface area (Å²) in [7, 11) is -2.61. The summed E-state index contributed by atoms with van der Waals surface area (Å²) in [6.07, 6.45) is 0. The molecule has 2 aromatic rings. The molecule has 0 bridgehead atoms. The van der Waals surface area contributed by atoms with Gasteiger partial charge in [0.1, 0.15) is 4.90 Å². The van der Waals surface area contributed by atoms with Crippen molar-refractivity contribution in [2.24, 2.45) is 0 Å². The summed E-state index contributed by atoms with van der Waals surface area (Å²) >= 11 is 18.0. The molecule has 9 heteroatoms. The molecule has 0 aliphatic rings. The third-order valence-corrected chi connectivity index (χ3v) is 6.16. The molecular weight excluding hydrogens is 409 g/mol. The average Bonchev–Trinajstić information content (AvgIpc) is 2.56. The van der Waals surface area contributed by atoms with E-state index in [-0.39, 0.29) is 37.8 Å². The zero-order chi connectivity index (χ0) is 18.8. The van der Waals surface area contributed by atoms with Crippen LogP contribution in [0.4, 0.5) is 5.69 Å². The molecule has 0 fully saturated rings. The highest BCUT2D eigenvalue weighted by Gasteiger charge is 2.25. The molecule has 0 atom stereocenters. The normalized spacial score (nSPS) is 11.2.